The summed E-state index contributed by atoms with van der Waals surface area (Å²) in [7, 11) is 2.05. The van der Waals surface area contributed by atoms with Crippen LogP contribution in [0.1, 0.15) is 59.5 Å². The zero-order chi connectivity index (χ0) is 22.8. The van der Waals surface area contributed by atoms with Crippen molar-refractivity contribution in [2.24, 2.45) is 7.05 Å². The molecule has 33 heavy (non-hydrogen) atoms. The van der Waals surface area contributed by atoms with Crippen molar-refractivity contribution in [2.45, 2.75) is 44.6 Å². The van der Waals surface area contributed by atoms with Crippen LogP contribution in [0.15, 0.2) is 72.8 Å². The molecule has 4 aromatic rings. The zero-order valence-corrected chi connectivity index (χ0v) is 19.0. The first-order valence-electron chi connectivity index (χ1n) is 11.7. The van der Waals surface area contributed by atoms with E-state index in [1.54, 1.807) is 6.07 Å². The maximum atomic E-state index is 11.6. The van der Waals surface area contributed by atoms with Crippen LogP contribution >= 0.6 is 0 Å². The van der Waals surface area contributed by atoms with E-state index >= 15 is 0 Å². The number of aromatic carboxylic acids is 1. The molecule has 4 nitrogen and oxygen atoms in total. The highest BCUT2D eigenvalue weighted by Gasteiger charge is 2.26. The highest BCUT2D eigenvalue weighted by molar-refractivity contribution is 5.98. The Morgan fingerprint density at radius 3 is 2.52 bits per heavy atom. The van der Waals surface area contributed by atoms with E-state index < -0.39 is 5.97 Å². The fraction of sp³-hybridized carbons (Fsp3) is 0.276. The Morgan fingerprint density at radius 1 is 0.970 bits per heavy atom. The number of benzene rings is 3. The lowest BCUT2D eigenvalue weighted by molar-refractivity contribution is 0.0697. The van der Waals surface area contributed by atoms with Gasteiger partial charge in [0.1, 0.15) is 12.4 Å². The van der Waals surface area contributed by atoms with Crippen molar-refractivity contribution in [2.75, 3.05) is 0 Å². The van der Waals surface area contributed by atoms with Gasteiger partial charge in [0.2, 0.25) is 0 Å². The summed E-state index contributed by atoms with van der Waals surface area (Å²) in [4.78, 5) is 11.6. The minimum atomic E-state index is -0.893. The van der Waals surface area contributed by atoms with Crippen molar-refractivity contribution in [3.05, 3.63) is 89.5 Å². The molecule has 0 saturated heterocycles. The molecule has 0 bridgehead atoms. The maximum Gasteiger partial charge on any atom is 0.335 e. The highest BCUT2D eigenvalue weighted by Crippen LogP contribution is 2.44. The molecule has 0 amide bonds. The van der Waals surface area contributed by atoms with E-state index in [1.807, 2.05) is 49.5 Å². The van der Waals surface area contributed by atoms with Crippen LogP contribution in [-0.4, -0.2) is 15.6 Å². The molecule has 5 rings (SSSR count). The van der Waals surface area contributed by atoms with Crippen LogP contribution in [0.3, 0.4) is 0 Å². The third-order valence-corrected chi connectivity index (χ3v) is 6.86. The Kier molecular flexibility index (Phi) is 5.91. The van der Waals surface area contributed by atoms with Gasteiger partial charge in [0.15, 0.2) is 0 Å². The number of fused-ring (bicyclic) bond motifs is 1. The number of nitrogens with zero attached hydrogens (tertiary/aromatic N) is 1. The average Bonchev–Trinajstić information content (AvgIpc) is 3.16. The van der Waals surface area contributed by atoms with Gasteiger partial charge in [0.25, 0.3) is 0 Å². The second kappa shape index (κ2) is 9.14. The first-order chi connectivity index (χ1) is 16.1. The number of ether oxygens (including phenoxy) is 1. The summed E-state index contributed by atoms with van der Waals surface area (Å²) in [5.74, 6) is 0.430. The third-order valence-electron chi connectivity index (χ3n) is 6.86. The monoisotopic (exact) mass is 439 g/mol. The standard InChI is InChI=1S/C29H29NO3/c1-30-26-18-23(29(31)32)15-16-25(26)27(21-11-6-3-7-12-21)28(30)22-13-8-14-24(17-22)33-19-20-9-4-2-5-10-20/h2,4-5,8-10,13-18,21H,3,6-7,11-12,19H2,1H3,(H,31,32). The minimum Gasteiger partial charge on any atom is -0.489 e. The maximum absolute atomic E-state index is 11.6. The van der Waals surface area contributed by atoms with Crippen molar-refractivity contribution >= 4 is 16.9 Å². The molecule has 0 unspecified atom stereocenters. The van der Waals surface area contributed by atoms with Crippen LogP contribution in [0, 0.1) is 0 Å². The predicted molar refractivity (Wildman–Crippen MR) is 132 cm³/mol. The van der Waals surface area contributed by atoms with Crippen LogP contribution in [0.2, 0.25) is 0 Å². The van der Waals surface area contributed by atoms with Crippen LogP contribution in [0.4, 0.5) is 0 Å². The third kappa shape index (κ3) is 4.25. The molecule has 0 aliphatic heterocycles. The lowest BCUT2D eigenvalue weighted by Gasteiger charge is -2.23. The molecular weight excluding hydrogens is 410 g/mol. The van der Waals surface area contributed by atoms with Crippen molar-refractivity contribution in [3.8, 4) is 17.0 Å². The zero-order valence-electron chi connectivity index (χ0n) is 19.0. The number of carboxylic acids is 1. The van der Waals surface area contributed by atoms with E-state index in [4.69, 9.17) is 4.74 Å². The van der Waals surface area contributed by atoms with Crippen LogP contribution in [0.25, 0.3) is 22.2 Å². The van der Waals surface area contributed by atoms with Crippen molar-refractivity contribution < 1.29 is 14.6 Å². The Morgan fingerprint density at radius 2 is 1.76 bits per heavy atom. The van der Waals surface area contributed by atoms with Gasteiger partial charge in [-0.15, -0.1) is 0 Å². The molecule has 1 N–H and O–H groups in total. The first-order valence-corrected chi connectivity index (χ1v) is 11.7. The quantitative estimate of drug-likeness (QED) is 0.346. The van der Waals surface area contributed by atoms with Gasteiger partial charge in [-0.2, -0.15) is 0 Å². The molecule has 0 atom stereocenters. The summed E-state index contributed by atoms with van der Waals surface area (Å²) >= 11 is 0. The summed E-state index contributed by atoms with van der Waals surface area (Å²) in [6.07, 6.45) is 6.14. The van der Waals surface area contributed by atoms with Crippen LogP contribution in [-0.2, 0) is 13.7 Å². The summed E-state index contributed by atoms with van der Waals surface area (Å²) < 4.78 is 8.29. The molecular formula is C29H29NO3. The average molecular weight is 440 g/mol. The smallest absolute Gasteiger partial charge is 0.335 e. The Labute approximate surface area is 194 Å². The van der Waals surface area contributed by atoms with E-state index in [9.17, 15) is 9.90 Å². The van der Waals surface area contributed by atoms with Gasteiger partial charge in [-0.1, -0.05) is 67.8 Å². The summed E-state index contributed by atoms with van der Waals surface area (Å²) in [6, 6.07) is 24.0. The van der Waals surface area contributed by atoms with E-state index in [0.717, 1.165) is 22.4 Å². The molecule has 3 aromatic carbocycles. The molecule has 1 fully saturated rings. The van der Waals surface area contributed by atoms with Crippen molar-refractivity contribution in [1.29, 1.82) is 0 Å². The number of carboxylic acid groups (broad SMARTS) is 1. The second-order valence-corrected chi connectivity index (χ2v) is 9.00. The lowest BCUT2D eigenvalue weighted by Crippen LogP contribution is -2.06. The van der Waals surface area contributed by atoms with Gasteiger partial charge in [-0.3, -0.25) is 0 Å². The number of aryl methyl sites for hydroxylation is 1. The number of carbonyl (C=O) groups is 1. The van der Waals surface area contributed by atoms with E-state index in [1.165, 1.54) is 48.7 Å². The van der Waals surface area contributed by atoms with Crippen LogP contribution in [0.5, 0.6) is 5.75 Å². The molecule has 4 heteroatoms. The molecule has 1 aliphatic rings. The highest BCUT2D eigenvalue weighted by atomic mass is 16.5. The van der Waals surface area contributed by atoms with E-state index in [0.29, 0.717) is 18.1 Å². The van der Waals surface area contributed by atoms with E-state index in [-0.39, 0.29) is 0 Å². The number of rotatable bonds is 6. The van der Waals surface area contributed by atoms with Gasteiger partial charge < -0.3 is 14.4 Å². The molecule has 1 heterocycles. The van der Waals surface area contributed by atoms with E-state index in [2.05, 4.69) is 28.8 Å². The number of aromatic nitrogens is 1. The number of hydrogen-bond acceptors (Lipinski definition) is 2. The molecule has 0 spiro atoms. The molecule has 1 aliphatic carbocycles. The summed E-state index contributed by atoms with van der Waals surface area (Å²) in [5.41, 5.74) is 6.06. The fourth-order valence-electron chi connectivity index (χ4n) is 5.23. The normalized spacial score (nSPS) is 14.5. The topological polar surface area (TPSA) is 51.5 Å². The minimum absolute atomic E-state index is 0.324. The Balaban J connectivity index is 1.59. The molecule has 1 aromatic heterocycles. The summed E-state index contributed by atoms with van der Waals surface area (Å²) in [6.45, 7) is 0.525. The Hall–Kier alpha value is -3.53. The largest absolute Gasteiger partial charge is 0.489 e. The van der Waals surface area contributed by atoms with Crippen molar-refractivity contribution in [1.82, 2.24) is 4.57 Å². The lowest BCUT2D eigenvalue weighted by atomic mass is 9.82. The van der Waals surface area contributed by atoms with Gasteiger partial charge in [-0.25, -0.2) is 4.79 Å². The Bertz CT molecular complexity index is 1280. The van der Waals surface area contributed by atoms with Gasteiger partial charge in [-0.05, 0) is 54.2 Å². The predicted octanol–water partition coefficient (Wildman–Crippen LogP) is 7.17. The number of hydrogen-bond donors (Lipinski definition) is 1. The second-order valence-electron chi connectivity index (χ2n) is 9.00. The molecule has 1 saturated carbocycles. The van der Waals surface area contributed by atoms with Gasteiger partial charge >= 0.3 is 5.97 Å². The fourth-order valence-corrected chi connectivity index (χ4v) is 5.23. The van der Waals surface area contributed by atoms with Crippen molar-refractivity contribution in [3.63, 3.8) is 0 Å². The molecule has 0 radical (unpaired) electrons. The first kappa shape index (κ1) is 21.3. The van der Waals surface area contributed by atoms with Gasteiger partial charge in [0.05, 0.1) is 11.3 Å². The van der Waals surface area contributed by atoms with Crippen LogP contribution < -0.4 is 4.74 Å². The van der Waals surface area contributed by atoms with Gasteiger partial charge in [0, 0.05) is 23.5 Å². The SMILES string of the molecule is Cn1c(-c2cccc(OCc3ccccc3)c2)c(C2CCCCC2)c2ccc(C(=O)O)cc21. The summed E-state index contributed by atoms with van der Waals surface area (Å²) in [5, 5.41) is 10.7. The molecule has 168 valence electrons.